The Labute approximate surface area is 171 Å². The third-order valence-corrected chi connectivity index (χ3v) is 3.86. The van der Waals surface area contributed by atoms with E-state index < -0.39 is 52.6 Å². The Hall–Kier alpha value is -3.57. The summed E-state index contributed by atoms with van der Waals surface area (Å²) in [5.41, 5.74) is -3.62. The molecule has 2 rings (SSSR count). The van der Waals surface area contributed by atoms with E-state index in [-0.39, 0.29) is 0 Å². The second kappa shape index (κ2) is 9.49. The van der Waals surface area contributed by atoms with Crippen LogP contribution in [0.15, 0.2) is 53.7 Å². The van der Waals surface area contributed by atoms with Crippen LogP contribution < -0.4 is 10.6 Å². The number of halogens is 6. The van der Waals surface area contributed by atoms with Gasteiger partial charge >= 0.3 is 12.4 Å². The third-order valence-electron chi connectivity index (χ3n) is 3.86. The lowest BCUT2D eigenvalue weighted by Crippen LogP contribution is -2.36. The molecule has 2 aromatic carbocycles. The van der Waals surface area contributed by atoms with Crippen LogP contribution >= 0.6 is 0 Å². The SMILES string of the molecule is CON=CC(C(=O)Nc1ccccc1C(F)(F)F)C(=O)Nc1ccccc1C(F)(F)F. The number of rotatable bonds is 6. The number of benzene rings is 2. The zero-order valence-electron chi connectivity index (χ0n) is 15.7. The van der Waals surface area contributed by atoms with Crippen LogP contribution in [0.25, 0.3) is 0 Å². The molecule has 0 radical (unpaired) electrons. The predicted molar refractivity (Wildman–Crippen MR) is 99.1 cm³/mol. The molecule has 2 amide bonds. The van der Waals surface area contributed by atoms with E-state index >= 15 is 0 Å². The normalized spacial score (nSPS) is 12.1. The van der Waals surface area contributed by atoms with Gasteiger partial charge in [-0.15, -0.1) is 0 Å². The lowest BCUT2D eigenvalue weighted by molar-refractivity contribution is -0.137. The Morgan fingerprint density at radius 1 is 0.839 bits per heavy atom. The van der Waals surface area contributed by atoms with E-state index in [0.717, 1.165) is 31.4 Å². The van der Waals surface area contributed by atoms with Crippen LogP contribution in [0.5, 0.6) is 0 Å². The number of para-hydroxylation sites is 2. The van der Waals surface area contributed by atoms with Gasteiger partial charge in [0, 0.05) is 0 Å². The molecule has 0 aliphatic rings. The number of alkyl halides is 6. The number of nitrogens with zero attached hydrogens (tertiary/aromatic N) is 1. The summed E-state index contributed by atoms with van der Waals surface area (Å²) in [6.45, 7) is 0. The predicted octanol–water partition coefficient (Wildman–Crippen LogP) is 4.55. The zero-order chi connectivity index (χ0) is 23.2. The van der Waals surface area contributed by atoms with Crippen LogP contribution in [0.4, 0.5) is 37.7 Å². The number of oxime groups is 1. The maximum atomic E-state index is 13.1. The van der Waals surface area contributed by atoms with Gasteiger partial charge in [0.2, 0.25) is 11.8 Å². The highest BCUT2D eigenvalue weighted by Gasteiger charge is 2.36. The molecule has 0 aliphatic carbocycles. The molecule has 0 atom stereocenters. The summed E-state index contributed by atoms with van der Waals surface area (Å²) >= 11 is 0. The first-order valence-corrected chi connectivity index (χ1v) is 8.46. The van der Waals surface area contributed by atoms with Crippen molar-refractivity contribution in [3.8, 4) is 0 Å². The van der Waals surface area contributed by atoms with E-state index in [4.69, 9.17) is 0 Å². The summed E-state index contributed by atoms with van der Waals surface area (Å²) in [5, 5.41) is 7.15. The number of hydrogen-bond donors (Lipinski definition) is 2. The van der Waals surface area contributed by atoms with Crippen LogP contribution in [-0.4, -0.2) is 25.1 Å². The van der Waals surface area contributed by atoms with Gasteiger partial charge in [-0.25, -0.2) is 0 Å². The van der Waals surface area contributed by atoms with Crippen LogP contribution in [0.1, 0.15) is 11.1 Å². The maximum Gasteiger partial charge on any atom is 0.418 e. The molecular formula is C19H15F6N3O3. The number of anilines is 2. The van der Waals surface area contributed by atoms with Gasteiger partial charge in [-0.05, 0) is 24.3 Å². The molecule has 31 heavy (non-hydrogen) atoms. The molecule has 0 aliphatic heterocycles. The Bertz CT molecular complexity index is 901. The van der Waals surface area contributed by atoms with Crippen molar-refractivity contribution in [3.05, 3.63) is 59.7 Å². The van der Waals surface area contributed by atoms with Gasteiger partial charge in [-0.3, -0.25) is 9.59 Å². The molecule has 2 N–H and O–H groups in total. The fraction of sp³-hybridized carbons (Fsp3) is 0.211. The summed E-state index contributed by atoms with van der Waals surface area (Å²) in [6.07, 6.45) is -8.95. The summed E-state index contributed by atoms with van der Waals surface area (Å²) < 4.78 is 78.7. The number of nitrogens with one attached hydrogen (secondary N) is 2. The smallest absolute Gasteiger partial charge is 0.399 e. The Balaban J connectivity index is 2.32. The van der Waals surface area contributed by atoms with Gasteiger partial charge in [-0.2, -0.15) is 26.3 Å². The van der Waals surface area contributed by atoms with Crippen LogP contribution in [0.2, 0.25) is 0 Å². The molecule has 12 heteroatoms. The van der Waals surface area contributed by atoms with E-state index in [0.29, 0.717) is 18.3 Å². The van der Waals surface area contributed by atoms with Crippen LogP contribution in [-0.2, 0) is 26.8 Å². The fourth-order valence-electron chi connectivity index (χ4n) is 2.48. The van der Waals surface area contributed by atoms with Gasteiger partial charge in [0.1, 0.15) is 7.11 Å². The highest BCUT2D eigenvalue weighted by atomic mass is 19.4. The van der Waals surface area contributed by atoms with Crippen molar-refractivity contribution in [2.75, 3.05) is 17.7 Å². The number of carbonyl (C=O) groups excluding carboxylic acids is 2. The quantitative estimate of drug-likeness (QED) is 0.295. The van der Waals surface area contributed by atoms with Crippen molar-refractivity contribution < 1.29 is 40.8 Å². The van der Waals surface area contributed by atoms with Gasteiger partial charge in [-0.1, -0.05) is 29.4 Å². The topological polar surface area (TPSA) is 79.8 Å². The summed E-state index contributed by atoms with van der Waals surface area (Å²) in [5.74, 6) is -4.43. The van der Waals surface area contributed by atoms with E-state index in [9.17, 15) is 35.9 Å². The molecule has 0 heterocycles. The molecular weight excluding hydrogens is 432 g/mol. The molecule has 0 saturated heterocycles. The van der Waals surface area contributed by atoms with Crippen LogP contribution in [0.3, 0.4) is 0 Å². The Kier molecular flexibility index (Phi) is 7.26. The van der Waals surface area contributed by atoms with Crippen molar-refractivity contribution in [2.45, 2.75) is 12.4 Å². The van der Waals surface area contributed by atoms with Gasteiger partial charge < -0.3 is 15.5 Å². The lowest BCUT2D eigenvalue weighted by atomic mass is 10.1. The van der Waals surface area contributed by atoms with E-state index in [1.165, 1.54) is 12.1 Å². The largest absolute Gasteiger partial charge is 0.418 e. The molecule has 0 fully saturated rings. The molecule has 166 valence electrons. The summed E-state index contributed by atoms with van der Waals surface area (Å²) in [7, 11) is 1.07. The maximum absolute atomic E-state index is 13.1. The lowest BCUT2D eigenvalue weighted by Gasteiger charge is -2.18. The van der Waals surface area contributed by atoms with E-state index in [2.05, 4.69) is 9.99 Å². The average molecular weight is 447 g/mol. The van der Waals surface area contributed by atoms with Crippen molar-refractivity contribution in [1.29, 1.82) is 0 Å². The van der Waals surface area contributed by atoms with Crippen LogP contribution in [0, 0.1) is 5.92 Å². The minimum atomic E-state index is -4.80. The first-order valence-electron chi connectivity index (χ1n) is 8.46. The first kappa shape index (κ1) is 23.7. The molecule has 0 bridgehead atoms. The first-order chi connectivity index (χ1) is 14.4. The molecule has 0 spiro atoms. The number of hydrogen-bond acceptors (Lipinski definition) is 4. The van der Waals surface area contributed by atoms with E-state index in [1.54, 1.807) is 0 Å². The van der Waals surface area contributed by atoms with Crippen molar-refractivity contribution in [1.82, 2.24) is 0 Å². The van der Waals surface area contributed by atoms with Gasteiger partial charge in [0.05, 0.1) is 28.7 Å². The molecule has 6 nitrogen and oxygen atoms in total. The van der Waals surface area contributed by atoms with Gasteiger partial charge in [0.15, 0.2) is 5.92 Å². The third kappa shape index (κ3) is 6.20. The number of carbonyl (C=O) groups is 2. The second-order valence-electron chi connectivity index (χ2n) is 5.98. The monoisotopic (exact) mass is 447 g/mol. The summed E-state index contributed by atoms with van der Waals surface area (Å²) in [6, 6.07) is 8.00. The van der Waals surface area contributed by atoms with Gasteiger partial charge in [0.25, 0.3) is 0 Å². The van der Waals surface area contributed by atoms with E-state index in [1.807, 2.05) is 10.6 Å². The van der Waals surface area contributed by atoms with Crippen molar-refractivity contribution in [3.63, 3.8) is 0 Å². The highest BCUT2D eigenvalue weighted by Crippen LogP contribution is 2.36. The Morgan fingerprint density at radius 2 is 1.23 bits per heavy atom. The second-order valence-corrected chi connectivity index (χ2v) is 5.98. The highest BCUT2D eigenvalue weighted by molar-refractivity contribution is 6.20. The minimum absolute atomic E-state index is 0.640. The summed E-state index contributed by atoms with van der Waals surface area (Å²) in [4.78, 5) is 29.4. The average Bonchev–Trinajstić information content (AvgIpc) is 2.67. The molecule has 0 unspecified atom stereocenters. The molecule has 0 saturated carbocycles. The van der Waals surface area contributed by atoms with Crippen molar-refractivity contribution in [2.24, 2.45) is 11.1 Å². The minimum Gasteiger partial charge on any atom is -0.399 e. The molecule has 2 aromatic rings. The zero-order valence-corrected chi connectivity index (χ0v) is 15.7. The fourth-order valence-corrected chi connectivity index (χ4v) is 2.48. The Morgan fingerprint density at radius 3 is 1.58 bits per heavy atom. The standard InChI is InChI=1S/C19H15F6N3O3/c1-31-26-10-11(16(29)27-14-8-4-2-6-12(14)18(20,21)22)17(30)28-15-9-5-3-7-13(15)19(23,24)25/h2-11H,1H3,(H,27,29)(H,28,30). The molecule has 0 aromatic heterocycles. The number of amides is 2. The van der Waals surface area contributed by atoms with Crippen molar-refractivity contribution >= 4 is 29.4 Å².